The lowest BCUT2D eigenvalue weighted by molar-refractivity contribution is 0.360. The van der Waals surface area contributed by atoms with Crippen molar-refractivity contribution in [1.29, 1.82) is 0 Å². The Hall–Kier alpha value is -1.98. The standard InChI is InChI=1S/C19H20BrN3O/c1-3-14-7-9-15(10-8-14)13(2)21-12-18-22-19(23-24-18)16-5-4-6-17(20)11-16/h4-11,13,21H,3,12H2,1-2H3. The van der Waals surface area contributed by atoms with E-state index in [-0.39, 0.29) is 6.04 Å². The Labute approximate surface area is 150 Å². The number of aromatic nitrogens is 2. The van der Waals surface area contributed by atoms with Gasteiger partial charge in [-0.3, -0.25) is 0 Å². The second-order valence-electron chi connectivity index (χ2n) is 5.72. The topological polar surface area (TPSA) is 51.0 Å². The number of nitrogens with zero attached hydrogens (tertiary/aromatic N) is 2. The van der Waals surface area contributed by atoms with Gasteiger partial charge in [-0.05, 0) is 36.6 Å². The van der Waals surface area contributed by atoms with E-state index >= 15 is 0 Å². The van der Waals surface area contributed by atoms with Crippen molar-refractivity contribution in [3.63, 3.8) is 0 Å². The fourth-order valence-corrected chi connectivity index (χ4v) is 2.87. The van der Waals surface area contributed by atoms with E-state index in [0.29, 0.717) is 18.3 Å². The van der Waals surface area contributed by atoms with Gasteiger partial charge < -0.3 is 9.84 Å². The van der Waals surface area contributed by atoms with E-state index in [1.165, 1.54) is 11.1 Å². The molecular formula is C19H20BrN3O. The summed E-state index contributed by atoms with van der Waals surface area (Å²) < 4.78 is 6.34. The number of aryl methyl sites for hydroxylation is 1. The van der Waals surface area contributed by atoms with Gasteiger partial charge in [-0.2, -0.15) is 4.98 Å². The molecule has 2 aromatic carbocycles. The summed E-state index contributed by atoms with van der Waals surface area (Å²) in [6, 6.07) is 16.8. The second-order valence-corrected chi connectivity index (χ2v) is 6.64. The smallest absolute Gasteiger partial charge is 0.240 e. The van der Waals surface area contributed by atoms with Gasteiger partial charge in [-0.25, -0.2) is 0 Å². The molecule has 4 nitrogen and oxygen atoms in total. The molecule has 3 rings (SSSR count). The minimum atomic E-state index is 0.220. The fraction of sp³-hybridized carbons (Fsp3) is 0.263. The molecule has 5 heteroatoms. The third-order valence-corrected chi connectivity index (χ3v) is 4.49. The molecule has 1 aromatic heterocycles. The Balaban J connectivity index is 1.62. The van der Waals surface area contributed by atoms with Crippen LogP contribution in [0.3, 0.4) is 0 Å². The average Bonchev–Trinajstić information content (AvgIpc) is 3.09. The van der Waals surface area contributed by atoms with Gasteiger partial charge in [0.05, 0.1) is 6.54 Å². The normalized spacial score (nSPS) is 12.3. The number of hydrogen-bond acceptors (Lipinski definition) is 4. The van der Waals surface area contributed by atoms with E-state index in [2.05, 4.69) is 69.5 Å². The van der Waals surface area contributed by atoms with E-state index in [1.807, 2.05) is 24.3 Å². The van der Waals surface area contributed by atoms with Crippen molar-refractivity contribution in [3.05, 3.63) is 70.0 Å². The maximum absolute atomic E-state index is 5.34. The van der Waals surface area contributed by atoms with E-state index in [1.54, 1.807) is 0 Å². The number of benzene rings is 2. The fourth-order valence-electron chi connectivity index (χ4n) is 2.47. The molecule has 0 saturated heterocycles. The molecule has 3 aromatic rings. The molecule has 124 valence electrons. The Kier molecular flexibility index (Phi) is 5.43. The van der Waals surface area contributed by atoms with Crippen LogP contribution in [0.5, 0.6) is 0 Å². The van der Waals surface area contributed by atoms with E-state index in [9.17, 15) is 0 Å². The highest BCUT2D eigenvalue weighted by molar-refractivity contribution is 9.10. The Morgan fingerprint density at radius 1 is 1.17 bits per heavy atom. The van der Waals surface area contributed by atoms with Gasteiger partial charge in [0.25, 0.3) is 0 Å². The third-order valence-electron chi connectivity index (χ3n) is 4.00. The zero-order valence-corrected chi connectivity index (χ0v) is 15.4. The molecule has 24 heavy (non-hydrogen) atoms. The quantitative estimate of drug-likeness (QED) is 0.654. The van der Waals surface area contributed by atoms with Crippen LogP contribution in [0.1, 0.15) is 36.9 Å². The summed E-state index contributed by atoms with van der Waals surface area (Å²) in [5, 5.41) is 7.48. The summed E-state index contributed by atoms with van der Waals surface area (Å²) in [5.41, 5.74) is 3.53. The average molecular weight is 386 g/mol. The number of halogens is 1. The SMILES string of the molecule is CCc1ccc(C(C)NCc2nc(-c3cccc(Br)c3)no2)cc1. The van der Waals surface area contributed by atoms with E-state index in [0.717, 1.165) is 16.5 Å². The maximum atomic E-state index is 5.34. The van der Waals surface area contributed by atoms with Gasteiger partial charge in [-0.15, -0.1) is 0 Å². The molecule has 0 aliphatic carbocycles. The number of nitrogens with one attached hydrogen (secondary N) is 1. The van der Waals surface area contributed by atoms with Crippen molar-refractivity contribution in [1.82, 2.24) is 15.5 Å². The van der Waals surface area contributed by atoms with Crippen LogP contribution >= 0.6 is 15.9 Å². The van der Waals surface area contributed by atoms with Crippen molar-refractivity contribution in [2.75, 3.05) is 0 Å². The molecule has 0 aliphatic heterocycles. The van der Waals surface area contributed by atoms with Crippen molar-refractivity contribution in [2.24, 2.45) is 0 Å². The molecular weight excluding hydrogens is 366 g/mol. The summed E-state index contributed by atoms with van der Waals surface area (Å²) >= 11 is 3.45. The van der Waals surface area contributed by atoms with Gasteiger partial charge >= 0.3 is 0 Å². The third kappa shape index (κ3) is 4.10. The molecule has 0 aliphatic rings. The predicted molar refractivity (Wildman–Crippen MR) is 98.5 cm³/mol. The molecule has 0 spiro atoms. The van der Waals surface area contributed by atoms with Crippen LogP contribution in [-0.2, 0) is 13.0 Å². The Bertz CT molecular complexity index is 798. The highest BCUT2D eigenvalue weighted by Crippen LogP contribution is 2.20. The predicted octanol–water partition coefficient (Wildman–Crippen LogP) is 4.91. The summed E-state index contributed by atoms with van der Waals surface area (Å²) in [6.45, 7) is 4.83. The van der Waals surface area contributed by atoms with Gasteiger partial charge in [0.2, 0.25) is 11.7 Å². The molecule has 0 amide bonds. The Morgan fingerprint density at radius 3 is 2.67 bits per heavy atom. The number of rotatable bonds is 6. The largest absolute Gasteiger partial charge is 0.338 e. The van der Waals surface area contributed by atoms with E-state index in [4.69, 9.17) is 4.52 Å². The monoisotopic (exact) mass is 385 g/mol. The maximum Gasteiger partial charge on any atom is 0.240 e. The first-order valence-corrected chi connectivity index (χ1v) is 8.85. The lowest BCUT2D eigenvalue weighted by Crippen LogP contribution is -2.18. The molecule has 1 heterocycles. The first kappa shape index (κ1) is 16.9. The van der Waals surface area contributed by atoms with Crippen LogP contribution in [0, 0.1) is 0 Å². The molecule has 1 unspecified atom stereocenters. The van der Waals surface area contributed by atoms with Crippen molar-refractivity contribution in [2.45, 2.75) is 32.9 Å². The van der Waals surface area contributed by atoms with Crippen LogP contribution in [0.4, 0.5) is 0 Å². The van der Waals surface area contributed by atoms with Crippen LogP contribution in [0.2, 0.25) is 0 Å². The highest BCUT2D eigenvalue weighted by Gasteiger charge is 2.11. The zero-order valence-electron chi connectivity index (χ0n) is 13.8. The summed E-state index contributed by atoms with van der Waals surface area (Å²) in [5.74, 6) is 1.19. The van der Waals surface area contributed by atoms with Crippen molar-refractivity contribution in [3.8, 4) is 11.4 Å². The second kappa shape index (κ2) is 7.73. The van der Waals surface area contributed by atoms with Gasteiger partial charge in [-0.1, -0.05) is 64.4 Å². The van der Waals surface area contributed by atoms with Crippen LogP contribution < -0.4 is 5.32 Å². The molecule has 0 radical (unpaired) electrons. The van der Waals surface area contributed by atoms with E-state index < -0.39 is 0 Å². The lowest BCUT2D eigenvalue weighted by Gasteiger charge is -2.13. The molecule has 1 atom stereocenters. The highest BCUT2D eigenvalue weighted by atomic mass is 79.9. The summed E-state index contributed by atoms with van der Waals surface area (Å²) in [6.07, 6.45) is 1.06. The zero-order chi connectivity index (χ0) is 16.9. The van der Waals surface area contributed by atoms with Gasteiger partial charge in [0, 0.05) is 16.1 Å². The van der Waals surface area contributed by atoms with Crippen molar-refractivity contribution >= 4 is 15.9 Å². The Morgan fingerprint density at radius 2 is 1.96 bits per heavy atom. The number of hydrogen-bond donors (Lipinski definition) is 1. The molecule has 0 saturated carbocycles. The lowest BCUT2D eigenvalue weighted by atomic mass is 10.1. The van der Waals surface area contributed by atoms with Crippen LogP contribution in [0.15, 0.2) is 57.5 Å². The van der Waals surface area contributed by atoms with Gasteiger partial charge in [0.15, 0.2) is 0 Å². The molecule has 0 fully saturated rings. The summed E-state index contributed by atoms with van der Waals surface area (Å²) in [7, 11) is 0. The minimum Gasteiger partial charge on any atom is -0.338 e. The van der Waals surface area contributed by atoms with Crippen molar-refractivity contribution < 1.29 is 4.52 Å². The van der Waals surface area contributed by atoms with Crippen LogP contribution in [-0.4, -0.2) is 10.1 Å². The van der Waals surface area contributed by atoms with Crippen LogP contribution in [0.25, 0.3) is 11.4 Å². The first-order chi connectivity index (χ1) is 11.7. The summed E-state index contributed by atoms with van der Waals surface area (Å²) in [4.78, 5) is 4.45. The first-order valence-electron chi connectivity index (χ1n) is 8.06. The minimum absolute atomic E-state index is 0.220. The molecule has 1 N–H and O–H groups in total. The van der Waals surface area contributed by atoms with Gasteiger partial charge in [0.1, 0.15) is 0 Å². The molecule has 0 bridgehead atoms.